The van der Waals surface area contributed by atoms with Gasteiger partial charge in [0, 0.05) is 19.3 Å². The Balaban J connectivity index is 4.20. The summed E-state index contributed by atoms with van der Waals surface area (Å²) in [6.45, 7) is 6.72. The van der Waals surface area contributed by atoms with Crippen molar-refractivity contribution in [1.82, 2.24) is 0 Å². The molecule has 0 aliphatic heterocycles. The molecule has 6 nitrogen and oxygen atoms in total. The monoisotopic (exact) mass is 1130 g/mol. The molecule has 0 amide bonds. The van der Waals surface area contributed by atoms with Crippen molar-refractivity contribution in [3.63, 3.8) is 0 Å². The van der Waals surface area contributed by atoms with Gasteiger partial charge in [-0.2, -0.15) is 0 Å². The van der Waals surface area contributed by atoms with Gasteiger partial charge in [-0.05, 0) is 44.9 Å². The molecule has 0 aromatic carbocycles. The van der Waals surface area contributed by atoms with Crippen molar-refractivity contribution in [2.75, 3.05) is 13.2 Å². The molecule has 1 unspecified atom stereocenters. The maximum Gasteiger partial charge on any atom is 0.306 e. The molecule has 6 heteroatoms. The summed E-state index contributed by atoms with van der Waals surface area (Å²) in [5.41, 5.74) is 0. The topological polar surface area (TPSA) is 78.9 Å². The Morgan fingerprint density at radius 2 is 0.412 bits per heavy atom. The van der Waals surface area contributed by atoms with E-state index in [4.69, 9.17) is 14.2 Å². The van der Waals surface area contributed by atoms with Crippen LogP contribution in [0.1, 0.15) is 425 Å². The fourth-order valence-corrected chi connectivity index (χ4v) is 11.5. The molecule has 80 heavy (non-hydrogen) atoms. The number of carbonyl (C=O) groups excluding carboxylic acids is 3. The summed E-state index contributed by atoms with van der Waals surface area (Å²) in [4.78, 5) is 38.5. The Morgan fingerprint density at radius 3 is 0.625 bits per heavy atom. The first-order valence-corrected chi connectivity index (χ1v) is 36.7. The van der Waals surface area contributed by atoms with Crippen LogP contribution in [0.4, 0.5) is 0 Å². The van der Waals surface area contributed by atoms with Crippen molar-refractivity contribution in [2.45, 2.75) is 431 Å². The predicted octanol–water partition coefficient (Wildman–Crippen LogP) is 25.2. The summed E-state index contributed by atoms with van der Waals surface area (Å²) in [6.07, 6.45) is 84.0. The zero-order valence-electron chi connectivity index (χ0n) is 54.6. The summed E-state index contributed by atoms with van der Waals surface area (Å²) in [5.74, 6) is -0.837. The third-order valence-electron chi connectivity index (χ3n) is 17.0. The van der Waals surface area contributed by atoms with Gasteiger partial charge >= 0.3 is 17.9 Å². The number of unbranched alkanes of at least 4 members (excludes halogenated alkanes) is 56. The molecule has 0 radical (unpaired) electrons. The number of esters is 3. The largest absolute Gasteiger partial charge is 0.462 e. The standard InChI is InChI=1S/C74H142O6/c1-4-7-10-13-16-19-22-25-28-30-32-34-36-37-38-39-41-42-44-46-49-52-55-58-61-64-67-73(76)79-70-71(69-78-72(75)66-63-60-57-54-51-48-27-24-21-18-15-12-9-6-3)80-74(77)68-65-62-59-56-53-50-47-45-43-40-35-33-31-29-26-23-20-17-14-11-8-5-2/h24,27,71H,4-23,25-26,28-70H2,1-3H3/b27-24-. The number of hydrogen-bond acceptors (Lipinski definition) is 6. The van der Waals surface area contributed by atoms with E-state index in [-0.39, 0.29) is 31.1 Å². The van der Waals surface area contributed by atoms with Crippen LogP contribution in [0.2, 0.25) is 0 Å². The van der Waals surface area contributed by atoms with Gasteiger partial charge in [0.2, 0.25) is 0 Å². The number of rotatable bonds is 69. The van der Waals surface area contributed by atoms with Crippen LogP contribution >= 0.6 is 0 Å². The molecular weight excluding hydrogens is 985 g/mol. The van der Waals surface area contributed by atoms with Crippen LogP contribution < -0.4 is 0 Å². The Morgan fingerprint density at radius 1 is 0.237 bits per heavy atom. The summed E-state index contributed by atoms with van der Waals surface area (Å²) in [7, 11) is 0. The van der Waals surface area contributed by atoms with E-state index in [0.717, 1.165) is 64.2 Å². The molecule has 0 aliphatic rings. The van der Waals surface area contributed by atoms with E-state index in [2.05, 4.69) is 32.9 Å². The van der Waals surface area contributed by atoms with Crippen LogP contribution in [0.15, 0.2) is 12.2 Å². The molecule has 0 spiro atoms. The number of carbonyl (C=O) groups is 3. The van der Waals surface area contributed by atoms with Crippen molar-refractivity contribution in [3.05, 3.63) is 12.2 Å². The minimum atomic E-state index is -0.770. The van der Waals surface area contributed by atoms with Crippen LogP contribution in [0, 0.1) is 0 Å². The Bertz CT molecular complexity index is 1250. The van der Waals surface area contributed by atoms with Gasteiger partial charge in [-0.3, -0.25) is 14.4 Å². The lowest BCUT2D eigenvalue weighted by Crippen LogP contribution is -2.30. The van der Waals surface area contributed by atoms with Crippen LogP contribution in [0.25, 0.3) is 0 Å². The van der Waals surface area contributed by atoms with Gasteiger partial charge in [-0.15, -0.1) is 0 Å². The average Bonchev–Trinajstić information content (AvgIpc) is 3.46. The van der Waals surface area contributed by atoms with E-state index in [1.165, 1.54) is 321 Å². The molecule has 0 saturated heterocycles. The Hall–Kier alpha value is -1.85. The van der Waals surface area contributed by atoms with Gasteiger partial charge in [0.15, 0.2) is 6.10 Å². The molecule has 0 saturated carbocycles. The van der Waals surface area contributed by atoms with Gasteiger partial charge in [-0.25, -0.2) is 0 Å². The minimum absolute atomic E-state index is 0.0655. The maximum atomic E-state index is 13.0. The molecule has 0 fully saturated rings. The van der Waals surface area contributed by atoms with Crippen molar-refractivity contribution >= 4 is 17.9 Å². The van der Waals surface area contributed by atoms with Gasteiger partial charge < -0.3 is 14.2 Å². The van der Waals surface area contributed by atoms with E-state index in [0.29, 0.717) is 19.3 Å². The number of hydrogen-bond donors (Lipinski definition) is 0. The SMILES string of the molecule is CCCCCCC/C=C\CCCCCCCC(=O)OCC(COC(=O)CCCCCCCCCCCCCCCCCCCCCCCCCCCC)OC(=O)CCCCCCCCCCCCCCCCCCCCCCCC. The zero-order valence-corrected chi connectivity index (χ0v) is 54.6. The van der Waals surface area contributed by atoms with E-state index in [1.807, 2.05) is 0 Å². The van der Waals surface area contributed by atoms with Crippen LogP contribution in [-0.2, 0) is 28.6 Å². The highest BCUT2D eigenvalue weighted by Gasteiger charge is 2.20. The normalized spacial score (nSPS) is 12.0. The molecule has 474 valence electrons. The summed E-state index contributed by atoms with van der Waals surface area (Å²) >= 11 is 0. The zero-order chi connectivity index (χ0) is 57.8. The van der Waals surface area contributed by atoms with Crippen LogP contribution in [-0.4, -0.2) is 37.2 Å². The molecular formula is C74H142O6. The Labute approximate surface area is 501 Å². The molecule has 0 bridgehead atoms. The number of allylic oxidation sites excluding steroid dienone is 2. The molecule has 1 atom stereocenters. The second-order valence-corrected chi connectivity index (χ2v) is 25.2. The molecule has 0 rings (SSSR count). The molecule has 0 aromatic heterocycles. The highest BCUT2D eigenvalue weighted by atomic mass is 16.6. The quantitative estimate of drug-likeness (QED) is 0.0261. The van der Waals surface area contributed by atoms with Gasteiger partial charge in [-0.1, -0.05) is 373 Å². The lowest BCUT2D eigenvalue weighted by atomic mass is 10.0. The lowest BCUT2D eigenvalue weighted by Gasteiger charge is -2.18. The summed E-state index contributed by atoms with van der Waals surface area (Å²) < 4.78 is 17.0. The van der Waals surface area contributed by atoms with Crippen LogP contribution in [0.3, 0.4) is 0 Å². The van der Waals surface area contributed by atoms with Crippen molar-refractivity contribution < 1.29 is 28.6 Å². The number of ether oxygens (including phenoxy) is 3. The fraction of sp³-hybridized carbons (Fsp3) is 0.932. The van der Waals surface area contributed by atoms with E-state index >= 15 is 0 Å². The van der Waals surface area contributed by atoms with E-state index in [9.17, 15) is 14.4 Å². The van der Waals surface area contributed by atoms with Crippen molar-refractivity contribution in [1.29, 1.82) is 0 Å². The summed E-state index contributed by atoms with van der Waals surface area (Å²) in [5, 5.41) is 0. The average molecular weight is 1130 g/mol. The van der Waals surface area contributed by atoms with Crippen molar-refractivity contribution in [2.24, 2.45) is 0 Å². The smallest absolute Gasteiger partial charge is 0.306 e. The van der Waals surface area contributed by atoms with Crippen LogP contribution in [0.5, 0.6) is 0 Å². The first-order chi connectivity index (χ1) is 39.5. The molecule has 0 heterocycles. The highest BCUT2D eigenvalue weighted by molar-refractivity contribution is 5.71. The second kappa shape index (κ2) is 69.6. The third-order valence-corrected chi connectivity index (χ3v) is 17.0. The molecule has 0 aromatic rings. The van der Waals surface area contributed by atoms with E-state index in [1.54, 1.807) is 0 Å². The summed E-state index contributed by atoms with van der Waals surface area (Å²) in [6, 6.07) is 0. The first-order valence-electron chi connectivity index (χ1n) is 36.7. The molecule has 0 N–H and O–H groups in total. The third kappa shape index (κ3) is 66.9. The van der Waals surface area contributed by atoms with Gasteiger partial charge in [0.1, 0.15) is 13.2 Å². The molecule has 0 aliphatic carbocycles. The van der Waals surface area contributed by atoms with Crippen molar-refractivity contribution in [3.8, 4) is 0 Å². The van der Waals surface area contributed by atoms with Gasteiger partial charge in [0.25, 0.3) is 0 Å². The highest BCUT2D eigenvalue weighted by Crippen LogP contribution is 2.19. The van der Waals surface area contributed by atoms with E-state index < -0.39 is 6.10 Å². The maximum absolute atomic E-state index is 13.0. The second-order valence-electron chi connectivity index (χ2n) is 25.2. The fourth-order valence-electron chi connectivity index (χ4n) is 11.5. The lowest BCUT2D eigenvalue weighted by molar-refractivity contribution is -0.167. The van der Waals surface area contributed by atoms with Gasteiger partial charge in [0.05, 0.1) is 0 Å². The first kappa shape index (κ1) is 78.1. The predicted molar refractivity (Wildman–Crippen MR) is 349 cm³/mol. The Kier molecular flexibility index (Phi) is 68.0. The minimum Gasteiger partial charge on any atom is -0.462 e.